The van der Waals surface area contributed by atoms with Crippen molar-refractivity contribution in [3.8, 4) is 17.0 Å². The number of nitrogens with one attached hydrogen (secondary N) is 1. The summed E-state index contributed by atoms with van der Waals surface area (Å²) in [4.78, 5) is 26.2. The molecule has 0 aliphatic rings. The first-order valence-corrected chi connectivity index (χ1v) is 16.8. The second kappa shape index (κ2) is 14.0. The normalized spacial score (nSPS) is 13.1. The van der Waals surface area contributed by atoms with Crippen LogP contribution in [0.1, 0.15) is 75.9 Å². The van der Waals surface area contributed by atoms with E-state index in [-0.39, 0.29) is 4.75 Å². The summed E-state index contributed by atoms with van der Waals surface area (Å²) in [5, 5.41) is 11.8. The number of thioether (sulfide) groups is 1. The van der Waals surface area contributed by atoms with E-state index in [9.17, 15) is 23.1 Å². The van der Waals surface area contributed by atoms with Crippen LogP contribution in [-0.4, -0.2) is 30.8 Å². The molecule has 0 amide bonds. The van der Waals surface area contributed by atoms with Gasteiger partial charge in [-0.25, -0.2) is 0 Å². The third-order valence-corrected chi connectivity index (χ3v) is 10.0. The van der Waals surface area contributed by atoms with Crippen molar-refractivity contribution in [2.45, 2.75) is 82.2 Å². The van der Waals surface area contributed by atoms with Crippen LogP contribution in [0.5, 0.6) is 5.75 Å². The number of aromatic nitrogens is 3. The topological polar surface area (TPSA) is 88.1 Å². The zero-order chi connectivity index (χ0) is 34.7. The van der Waals surface area contributed by atoms with Gasteiger partial charge < -0.3 is 14.8 Å². The molecule has 0 saturated heterocycles. The number of pyridine rings is 2. The number of carboxylic acids is 1. The zero-order valence-corrected chi connectivity index (χ0v) is 28.5. The summed E-state index contributed by atoms with van der Waals surface area (Å²) in [7, 11) is 0. The molecule has 1 unspecified atom stereocenters. The van der Waals surface area contributed by atoms with Gasteiger partial charge in [-0.05, 0) is 67.3 Å². The number of carbonyl (C=O) groups is 1. The van der Waals surface area contributed by atoms with Gasteiger partial charge >= 0.3 is 12.1 Å². The van der Waals surface area contributed by atoms with Gasteiger partial charge in [0.2, 0.25) is 0 Å². The van der Waals surface area contributed by atoms with Gasteiger partial charge in [0.15, 0.2) is 0 Å². The van der Waals surface area contributed by atoms with Gasteiger partial charge in [0.1, 0.15) is 12.4 Å². The van der Waals surface area contributed by atoms with Crippen LogP contribution in [-0.2, 0) is 24.0 Å². The van der Waals surface area contributed by atoms with Gasteiger partial charge in [0.25, 0.3) is 0 Å². The van der Waals surface area contributed by atoms with Crippen molar-refractivity contribution in [2.75, 3.05) is 0 Å². The highest BCUT2D eigenvalue weighted by molar-refractivity contribution is 8.00. The summed E-state index contributed by atoms with van der Waals surface area (Å²) < 4.78 is 45.1. The van der Waals surface area contributed by atoms with Crippen LogP contribution >= 0.6 is 11.8 Å². The molecular weight excluding hydrogens is 635 g/mol. The quantitative estimate of drug-likeness (QED) is 0.128. The number of aromatic amines is 1. The number of nitrogens with zero attached hydrogens (tertiary/aromatic N) is 2. The van der Waals surface area contributed by atoms with Crippen LogP contribution in [0, 0.1) is 5.41 Å². The summed E-state index contributed by atoms with van der Waals surface area (Å²) in [6, 6.07) is 21.4. The standard InChI is InChI=1S/C38H40F3N3O3S/c1-6-37(7-2,35(45)46)30(20-24-11-13-25(14-12-24)31-17-15-26(22-43-31)38(39,40)41)33-34(48-36(3,4)5)29-21-28(16-18-32(29)44-33)47-23-27-10-8-9-19-42-27/h8-19,21-22,30,44H,6-7,20,23H2,1-5H3,(H,45,46). The highest BCUT2D eigenvalue weighted by Gasteiger charge is 2.45. The number of halogens is 3. The Hall–Kier alpha value is -4.31. The van der Waals surface area contributed by atoms with Gasteiger partial charge in [-0.3, -0.25) is 14.8 Å². The maximum absolute atomic E-state index is 13.2. The summed E-state index contributed by atoms with van der Waals surface area (Å²) >= 11 is 1.70. The molecule has 48 heavy (non-hydrogen) atoms. The van der Waals surface area contributed by atoms with Crippen molar-refractivity contribution in [3.05, 3.63) is 108 Å². The smallest absolute Gasteiger partial charge is 0.417 e. The Bertz CT molecular complexity index is 1840. The lowest BCUT2D eigenvalue weighted by molar-refractivity contribution is -0.151. The Morgan fingerprint density at radius 2 is 1.69 bits per heavy atom. The predicted molar refractivity (Wildman–Crippen MR) is 184 cm³/mol. The minimum Gasteiger partial charge on any atom is -0.487 e. The van der Waals surface area contributed by atoms with Gasteiger partial charge in [-0.15, -0.1) is 11.8 Å². The molecule has 10 heteroatoms. The first-order chi connectivity index (χ1) is 22.7. The van der Waals surface area contributed by atoms with Crippen LogP contribution in [0.2, 0.25) is 0 Å². The fourth-order valence-electron chi connectivity index (χ4n) is 6.11. The molecule has 5 rings (SSSR count). The summed E-state index contributed by atoms with van der Waals surface area (Å²) in [6.45, 7) is 10.6. The van der Waals surface area contributed by atoms with Gasteiger partial charge in [0, 0.05) is 50.1 Å². The molecule has 2 aromatic carbocycles. The Kier molecular flexibility index (Phi) is 10.2. The maximum atomic E-state index is 13.2. The van der Waals surface area contributed by atoms with Crippen LogP contribution in [0.4, 0.5) is 13.2 Å². The molecule has 0 spiro atoms. The molecule has 0 bridgehead atoms. The van der Waals surface area contributed by atoms with E-state index < -0.39 is 29.0 Å². The molecule has 3 aromatic heterocycles. The molecule has 6 nitrogen and oxygen atoms in total. The highest BCUT2D eigenvalue weighted by Crippen LogP contribution is 2.50. The SMILES string of the molecule is CCC(CC)(C(=O)O)C(Cc1ccc(-c2ccc(C(F)(F)F)cn2)cc1)c1[nH]c2ccc(OCc3ccccn3)cc2c1SC(C)(C)C. The van der Waals surface area contributed by atoms with E-state index in [1.165, 1.54) is 6.07 Å². The first kappa shape index (κ1) is 35.0. The monoisotopic (exact) mass is 675 g/mol. The molecule has 1 atom stereocenters. The Balaban J connectivity index is 1.56. The Morgan fingerprint density at radius 3 is 2.25 bits per heavy atom. The second-order valence-corrected chi connectivity index (χ2v) is 14.8. The molecule has 252 valence electrons. The predicted octanol–water partition coefficient (Wildman–Crippen LogP) is 10.3. The molecule has 0 fully saturated rings. The third kappa shape index (κ3) is 7.70. The molecule has 5 aromatic rings. The van der Waals surface area contributed by atoms with Crippen molar-refractivity contribution >= 4 is 28.6 Å². The zero-order valence-electron chi connectivity index (χ0n) is 27.7. The van der Waals surface area contributed by atoms with Crippen molar-refractivity contribution in [3.63, 3.8) is 0 Å². The van der Waals surface area contributed by atoms with Crippen molar-refractivity contribution in [1.82, 2.24) is 15.0 Å². The van der Waals surface area contributed by atoms with E-state index in [2.05, 4.69) is 35.7 Å². The van der Waals surface area contributed by atoms with E-state index in [1.807, 2.05) is 74.5 Å². The number of H-pyrrole nitrogens is 1. The van der Waals surface area contributed by atoms with Crippen LogP contribution < -0.4 is 4.74 Å². The van der Waals surface area contributed by atoms with E-state index in [0.29, 0.717) is 42.9 Å². The molecule has 0 aliphatic heterocycles. The fourth-order valence-corrected chi connectivity index (χ4v) is 7.30. The van der Waals surface area contributed by atoms with Crippen LogP contribution in [0.15, 0.2) is 90.1 Å². The van der Waals surface area contributed by atoms with Crippen LogP contribution in [0.25, 0.3) is 22.2 Å². The van der Waals surface area contributed by atoms with E-state index in [1.54, 1.807) is 18.0 Å². The number of hydrogen-bond donors (Lipinski definition) is 2. The lowest BCUT2D eigenvalue weighted by Crippen LogP contribution is -2.38. The highest BCUT2D eigenvalue weighted by atomic mass is 32.2. The van der Waals surface area contributed by atoms with Crippen molar-refractivity contribution in [2.24, 2.45) is 5.41 Å². The molecule has 0 saturated carbocycles. The number of fused-ring (bicyclic) bond motifs is 1. The summed E-state index contributed by atoms with van der Waals surface area (Å²) in [5.41, 5.74) is 2.71. The number of rotatable bonds is 12. The van der Waals surface area contributed by atoms with Crippen molar-refractivity contribution < 1.29 is 27.8 Å². The lowest BCUT2D eigenvalue weighted by atomic mass is 9.67. The minimum atomic E-state index is -4.46. The molecule has 3 heterocycles. The van der Waals surface area contributed by atoms with E-state index in [0.717, 1.165) is 45.0 Å². The van der Waals surface area contributed by atoms with Gasteiger partial charge in [-0.2, -0.15) is 13.2 Å². The summed E-state index contributed by atoms with van der Waals surface area (Å²) in [5.74, 6) is -0.586. The molecular formula is C38H40F3N3O3S. The Morgan fingerprint density at radius 1 is 0.958 bits per heavy atom. The number of aliphatic carboxylic acids is 1. The fraction of sp³-hybridized carbons (Fsp3) is 0.342. The van der Waals surface area contributed by atoms with E-state index in [4.69, 9.17) is 4.74 Å². The largest absolute Gasteiger partial charge is 0.487 e. The molecule has 2 N–H and O–H groups in total. The number of alkyl halides is 3. The second-order valence-electron chi connectivity index (χ2n) is 13.0. The number of carboxylic acid groups (broad SMARTS) is 1. The number of benzene rings is 2. The van der Waals surface area contributed by atoms with Crippen LogP contribution in [0.3, 0.4) is 0 Å². The molecule has 0 aliphatic carbocycles. The van der Waals surface area contributed by atoms with Crippen molar-refractivity contribution in [1.29, 1.82) is 0 Å². The van der Waals surface area contributed by atoms with E-state index >= 15 is 0 Å². The van der Waals surface area contributed by atoms with Gasteiger partial charge in [0.05, 0.1) is 22.4 Å². The number of ether oxygens (including phenoxy) is 1. The molecule has 0 radical (unpaired) electrons. The maximum Gasteiger partial charge on any atom is 0.417 e. The number of hydrogen-bond acceptors (Lipinski definition) is 5. The first-order valence-electron chi connectivity index (χ1n) is 16.0. The lowest BCUT2D eigenvalue weighted by Gasteiger charge is -2.36. The Labute approximate surface area is 283 Å². The average Bonchev–Trinajstić information content (AvgIpc) is 3.40. The minimum absolute atomic E-state index is 0.181. The average molecular weight is 676 g/mol. The van der Waals surface area contributed by atoms with Gasteiger partial charge in [-0.1, -0.05) is 65.0 Å². The summed E-state index contributed by atoms with van der Waals surface area (Å²) in [6.07, 6.45) is -0.617. The third-order valence-electron chi connectivity index (χ3n) is 8.75.